The van der Waals surface area contributed by atoms with Gasteiger partial charge in [-0.25, -0.2) is 9.59 Å². The van der Waals surface area contributed by atoms with Crippen molar-refractivity contribution in [1.82, 2.24) is 31.1 Å². The summed E-state index contributed by atoms with van der Waals surface area (Å²) in [7, 11) is 1.20. The van der Waals surface area contributed by atoms with Crippen LogP contribution in [0.25, 0.3) is 10.9 Å². The lowest BCUT2D eigenvalue weighted by molar-refractivity contribution is -0.136. The highest BCUT2D eigenvalue weighted by atomic mass is 35.5. The topological polar surface area (TPSA) is 178 Å². The third-order valence-corrected chi connectivity index (χ3v) is 10.2. The van der Waals surface area contributed by atoms with Crippen LogP contribution in [0.3, 0.4) is 0 Å². The Morgan fingerprint density at radius 2 is 1.76 bits per heavy atom. The maximum absolute atomic E-state index is 14.7. The third kappa shape index (κ3) is 8.31. The van der Waals surface area contributed by atoms with Gasteiger partial charge in [-0.2, -0.15) is 4.98 Å². The summed E-state index contributed by atoms with van der Waals surface area (Å²) in [6.45, 7) is 7.59. The Morgan fingerprint density at radius 3 is 2.45 bits per heavy atom. The highest BCUT2D eigenvalue weighted by Crippen LogP contribution is 2.39. The van der Waals surface area contributed by atoms with E-state index in [1.807, 2.05) is 58.0 Å². The van der Waals surface area contributed by atoms with Crippen molar-refractivity contribution in [3.05, 3.63) is 81.0 Å². The molecule has 0 saturated carbocycles. The molecule has 0 radical (unpaired) electrons. The average molecular weight is 742 g/mol. The quantitative estimate of drug-likeness (QED) is 0.116. The third-order valence-electron chi connectivity index (χ3n) is 9.65. The number of halogens is 2. The predicted molar refractivity (Wildman–Crippen MR) is 190 cm³/mol. The van der Waals surface area contributed by atoms with Gasteiger partial charge in [0.25, 0.3) is 5.82 Å². The van der Waals surface area contributed by atoms with Gasteiger partial charge < -0.3 is 34.9 Å². The largest absolute Gasteiger partial charge is 0.463 e. The molecule has 15 heteroatoms. The summed E-state index contributed by atoms with van der Waals surface area (Å²) < 4.78 is 15.6. The Kier molecular flexibility index (Phi) is 11.9. The van der Waals surface area contributed by atoms with Crippen LogP contribution in [0.2, 0.25) is 10.0 Å². The zero-order valence-electron chi connectivity index (χ0n) is 29.1. The summed E-state index contributed by atoms with van der Waals surface area (Å²) in [5, 5.41) is 14.1. The molecular formula is C36H42Cl2N6O7. The van der Waals surface area contributed by atoms with Gasteiger partial charge in [0, 0.05) is 22.5 Å². The Bertz CT molecular complexity index is 1900. The predicted octanol–water partition coefficient (Wildman–Crippen LogP) is 6.23. The molecule has 3 amide bonds. The molecule has 13 nitrogen and oxygen atoms in total. The van der Waals surface area contributed by atoms with Gasteiger partial charge in [-0.1, -0.05) is 94.1 Å². The van der Waals surface area contributed by atoms with Gasteiger partial charge in [0.2, 0.25) is 17.7 Å². The minimum Gasteiger partial charge on any atom is -0.463 e. The molecule has 1 aliphatic carbocycles. The molecule has 51 heavy (non-hydrogen) atoms. The first-order valence-corrected chi connectivity index (χ1v) is 17.7. The van der Waals surface area contributed by atoms with E-state index in [0.29, 0.717) is 34.8 Å². The van der Waals surface area contributed by atoms with Crippen molar-refractivity contribution in [1.29, 1.82) is 0 Å². The molecule has 2 heterocycles. The number of H-pyrrole nitrogens is 1. The number of aryl methyl sites for hydroxylation is 1. The van der Waals surface area contributed by atoms with Gasteiger partial charge in [0.05, 0.1) is 17.6 Å². The molecule has 4 unspecified atom stereocenters. The number of methoxy groups -OCH3 is 1. The van der Waals surface area contributed by atoms with Crippen LogP contribution in [0.15, 0.2) is 47.0 Å². The van der Waals surface area contributed by atoms with E-state index in [1.165, 1.54) is 7.11 Å². The van der Waals surface area contributed by atoms with Crippen molar-refractivity contribution < 1.29 is 33.2 Å². The van der Waals surface area contributed by atoms with E-state index in [9.17, 15) is 19.2 Å². The van der Waals surface area contributed by atoms with E-state index in [2.05, 4.69) is 31.1 Å². The van der Waals surface area contributed by atoms with Crippen molar-refractivity contribution in [3.8, 4) is 0 Å². The number of hydrogen-bond donors (Lipinski definition) is 4. The van der Waals surface area contributed by atoms with Gasteiger partial charge in [-0.15, -0.1) is 0 Å². The Morgan fingerprint density at radius 1 is 1.04 bits per heavy atom. The highest BCUT2D eigenvalue weighted by molar-refractivity contribution is 6.38. The molecular weight excluding hydrogens is 699 g/mol. The number of fused-ring (bicyclic) bond motifs is 3. The Balaban J connectivity index is 1.49. The molecule has 5 rings (SSSR count). The van der Waals surface area contributed by atoms with Crippen LogP contribution in [-0.4, -0.2) is 57.7 Å². The molecule has 272 valence electrons. The fraction of sp³-hybridized carbons (Fsp3) is 0.444. The van der Waals surface area contributed by atoms with Gasteiger partial charge in [-0.3, -0.25) is 9.59 Å². The summed E-state index contributed by atoms with van der Waals surface area (Å²) >= 11 is 13.0. The van der Waals surface area contributed by atoms with Gasteiger partial charge >= 0.3 is 12.1 Å². The maximum Gasteiger partial charge on any atom is 0.408 e. The van der Waals surface area contributed by atoms with E-state index in [0.717, 1.165) is 22.2 Å². The molecule has 0 spiro atoms. The maximum atomic E-state index is 14.7. The highest BCUT2D eigenvalue weighted by Gasteiger charge is 2.47. The number of ether oxygens (including phenoxy) is 2. The van der Waals surface area contributed by atoms with Crippen LogP contribution in [0.1, 0.15) is 86.3 Å². The zero-order chi connectivity index (χ0) is 36.9. The summed E-state index contributed by atoms with van der Waals surface area (Å²) in [6.07, 6.45) is 1.05. The molecule has 4 N–H and O–H groups in total. The normalized spacial score (nSPS) is 17.8. The molecule has 2 aromatic carbocycles. The number of alkyl carbamates (subject to hydrolysis) is 1. The van der Waals surface area contributed by atoms with Crippen LogP contribution in [0.5, 0.6) is 0 Å². The van der Waals surface area contributed by atoms with Crippen molar-refractivity contribution in [2.45, 2.75) is 84.0 Å². The number of aromatic amines is 1. The molecule has 4 aromatic rings. The number of rotatable bonds is 13. The van der Waals surface area contributed by atoms with Crippen LogP contribution in [0.4, 0.5) is 4.79 Å². The van der Waals surface area contributed by atoms with Crippen molar-refractivity contribution >= 4 is 58.0 Å². The lowest BCUT2D eigenvalue weighted by atomic mass is 9.78. The summed E-state index contributed by atoms with van der Waals surface area (Å²) in [5.74, 6) is -2.65. The first kappa shape index (κ1) is 37.6. The van der Waals surface area contributed by atoms with Crippen molar-refractivity contribution in [2.75, 3.05) is 7.11 Å². The van der Waals surface area contributed by atoms with E-state index in [4.69, 9.17) is 37.2 Å². The van der Waals surface area contributed by atoms with Crippen LogP contribution in [0, 0.1) is 11.8 Å². The van der Waals surface area contributed by atoms with Gasteiger partial charge in [0.15, 0.2) is 0 Å². The fourth-order valence-corrected chi connectivity index (χ4v) is 6.77. The number of nitrogens with zero attached hydrogens (tertiary/aromatic N) is 2. The number of benzene rings is 2. The SMILES string of the molecule is CCC(C)C(NC(=O)OCc1ccccc1)C(=O)N[C@@]1(C(=O)NC(c2nc(C(=O)OC)no2)C(C)CC)CCc2[nH]c3c(Cl)cc(Cl)cc3c2C1. The second-order valence-corrected chi connectivity index (χ2v) is 13.8. The smallest absolute Gasteiger partial charge is 0.408 e. The molecule has 5 atom stereocenters. The molecule has 2 aromatic heterocycles. The minimum atomic E-state index is -1.51. The molecule has 0 fully saturated rings. The number of hydrogen-bond acceptors (Lipinski definition) is 9. The van der Waals surface area contributed by atoms with Crippen molar-refractivity contribution in [3.63, 3.8) is 0 Å². The molecule has 0 saturated heterocycles. The second kappa shape index (κ2) is 16.2. The molecule has 0 aliphatic heterocycles. The number of amides is 3. The summed E-state index contributed by atoms with van der Waals surface area (Å²) in [6, 6.07) is 10.8. The summed E-state index contributed by atoms with van der Waals surface area (Å²) in [4.78, 5) is 61.7. The Hall–Kier alpha value is -4.62. The van der Waals surface area contributed by atoms with Crippen LogP contribution in [-0.2, 0) is 38.5 Å². The van der Waals surface area contributed by atoms with E-state index in [1.54, 1.807) is 12.1 Å². The average Bonchev–Trinajstić information content (AvgIpc) is 3.76. The number of carbonyl (C=O) groups excluding carboxylic acids is 4. The number of nitrogens with one attached hydrogen (secondary N) is 4. The summed E-state index contributed by atoms with van der Waals surface area (Å²) in [5.41, 5.74) is 1.60. The first-order chi connectivity index (χ1) is 24.4. The molecule has 0 bridgehead atoms. The van der Waals surface area contributed by atoms with E-state index in [-0.39, 0.29) is 43.0 Å². The van der Waals surface area contributed by atoms with Gasteiger partial charge in [-0.05, 0) is 53.1 Å². The number of aromatic nitrogens is 3. The number of carbonyl (C=O) groups is 4. The van der Waals surface area contributed by atoms with E-state index >= 15 is 0 Å². The standard InChI is InChI=1S/C36H42Cl2N6O7/c1-6-19(3)27(41-35(48)50-18-21-11-9-8-10-12-21)31(45)43-36(14-13-26-24(17-36)23-15-22(37)16-25(38)29(23)39-26)34(47)40-28(20(4)7-2)32-42-30(44-51-32)33(46)49-5/h8-12,15-16,19-20,27-28,39H,6-7,13-14,17-18H2,1-5H3,(H,40,47)(H,41,48)(H,43,45)/t19?,20?,27?,28?,36-/m0/s1. The molecule has 1 aliphatic rings. The first-order valence-electron chi connectivity index (χ1n) is 16.9. The monoisotopic (exact) mass is 740 g/mol. The van der Waals surface area contributed by atoms with Crippen LogP contribution < -0.4 is 16.0 Å². The van der Waals surface area contributed by atoms with Gasteiger partial charge in [0.1, 0.15) is 24.2 Å². The lowest BCUT2D eigenvalue weighted by Crippen LogP contribution is -2.65. The second-order valence-electron chi connectivity index (χ2n) is 13.0. The van der Waals surface area contributed by atoms with E-state index < -0.39 is 41.5 Å². The lowest BCUT2D eigenvalue weighted by Gasteiger charge is -2.39. The van der Waals surface area contributed by atoms with Crippen molar-refractivity contribution in [2.24, 2.45) is 11.8 Å². The zero-order valence-corrected chi connectivity index (χ0v) is 30.6. The minimum absolute atomic E-state index is 0.0158. The van der Waals surface area contributed by atoms with Crippen LogP contribution >= 0.6 is 23.2 Å². The number of esters is 1. The Labute approximate surface area is 305 Å². The fourth-order valence-electron chi connectivity index (χ4n) is 6.23.